The van der Waals surface area contributed by atoms with Gasteiger partial charge in [-0.3, -0.25) is 10.1 Å². The van der Waals surface area contributed by atoms with Crippen molar-refractivity contribution in [3.8, 4) is 0 Å². The summed E-state index contributed by atoms with van der Waals surface area (Å²) >= 11 is 1.73. The first-order chi connectivity index (χ1) is 10.1. The van der Waals surface area contributed by atoms with Crippen LogP contribution in [-0.4, -0.2) is 18.6 Å². The normalized spacial score (nSPS) is 26.0. The molecule has 1 heterocycles. The van der Waals surface area contributed by atoms with E-state index in [4.69, 9.17) is 4.74 Å². The maximum atomic E-state index is 12.4. The minimum atomic E-state index is -0.490. The second kappa shape index (κ2) is 7.41. The number of carbonyl (C=O) groups excluding carboxylic acids is 1. The van der Waals surface area contributed by atoms with E-state index < -0.39 is 5.54 Å². The van der Waals surface area contributed by atoms with E-state index >= 15 is 0 Å². The van der Waals surface area contributed by atoms with Crippen LogP contribution in [0.3, 0.4) is 0 Å². The zero-order valence-electron chi connectivity index (χ0n) is 13.4. The highest BCUT2D eigenvalue weighted by Gasteiger charge is 2.43. The van der Waals surface area contributed by atoms with E-state index in [1.54, 1.807) is 11.3 Å². The largest absolute Gasteiger partial charge is 0.468 e. The molecule has 2 unspecified atom stereocenters. The van der Waals surface area contributed by atoms with E-state index in [9.17, 15) is 4.79 Å². The summed E-state index contributed by atoms with van der Waals surface area (Å²) in [4.78, 5) is 13.7. The molecular formula is C17H27NO2S. The summed E-state index contributed by atoms with van der Waals surface area (Å²) in [6, 6.07) is 4.16. The number of esters is 1. The third kappa shape index (κ3) is 4.30. The molecule has 1 fully saturated rings. The first-order valence-corrected chi connectivity index (χ1v) is 8.79. The third-order valence-corrected chi connectivity index (χ3v) is 5.29. The summed E-state index contributed by atoms with van der Waals surface area (Å²) in [7, 11) is 1.50. The maximum Gasteiger partial charge on any atom is 0.326 e. The van der Waals surface area contributed by atoms with Gasteiger partial charge in [0, 0.05) is 11.4 Å². The molecule has 2 rings (SSSR count). The lowest BCUT2D eigenvalue weighted by atomic mass is 9.73. The van der Waals surface area contributed by atoms with Gasteiger partial charge in [-0.05, 0) is 42.5 Å². The Kier molecular flexibility index (Phi) is 5.82. The van der Waals surface area contributed by atoms with Crippen molar-refractivity contribution in [2.75, 3.05) is 7.11 Å². The Balaban J connectivity index is 2.06. The van der Waals surface area contributed by atoms with Crippen molar-refractivity contribution in [3.63, 3.8) is 0 Å². The van der Waals surface area contributed by atoms with Gasteiger partial charge in [-0.25, -0.2) is 0 Å². The lowest BCUT2D eigenvalue weighted by Crippen LogP contribution is -2.55. The van der Waals surface area contributed by atoms with Crippen molar-refractivity contribution in [1.29, 1.82) is 0 Å². The Morgan fingerprint density at radius 2 is 2.38 bits per heavy atom. The summed E-state index contributed by atoms with van der Waals surface area (Å²) in [5, 5.41) is 5.60. The van der Waals surface area contributed by atoms with Crippen LogP contribution in [-0.2, 0) is 16.1 Å². The topological polar surface area (TPSA) is 38.3 Å². The van der Waals surface area contributed by atoms with E-state index in [0.717, 1.165) is 25.8 Å². The maximum absolute atomic E-state index is 12.4. The van der Waals surface area contributed by atoms with Crippen LogP contribution in [0.15, 0.2) is 17.5 Å². The monoisotopic (exact) mass is 309 g/mol. The van der Waals surface area contributed by atoms with Crippen LogP contribution in [0.2, 0.25) is 0 Å². The fourth-order valence-corrected chi connectivity index (χ4v) is 4.18. The van der Waals surface area contributed by atoms with Crippen LogP contribution in [0.1, 0.15) is 50.8 Å². The number of hydrogen-bond acceptors (Lipinski definition) is 4. The fourth-order valence-electron chi connectivity index (χ4n) is 3.54. The fraction of sp³-hybridized carbons (Fsp3) is 0.706. The lowest BCUT2D eigenvalue weighted by Gasteiger charge is -2.40. The molecule has 118 valence electrons. The molecule has 1 aliphatic rings. The molecule has 1 aromatic heterocycles. The third-order valence-electron chi connectivity index (χ3n) is 4.42. The Morgan fingerprint density at radius 1 is 1.57 bits per heavy atom. The van der Waals surface area contributed by atoms with Crippen LogP contribution in [0.25, 0.3) is 0 Å². The van der Waals surface area contributed by atoms with Gasteiger partial charge < -0.3 is 4.74 Å². The van der Waals surface area contributed by atoms with E-state index in [1.165, 1.54) is 24.8 Å². The van der Waals surface area contributed by atoms with E-state index in [1.807, 2.05) is 0 Å². The molecule has 0 spiro atoms. The van der Waals surface area contributed by atoms with Gasteiger partial charge in [-0.2, -0.15) is 0 Å². The first kappa shape index (κ1) is 16.5. The second-order valence-electron chi connectivity index (χ2n) is 6.60. The predicted octanol–water partition coefficient (Wildman–Crippen LogP) is 3.99. The zero-order chi connectivity index (χ0) is 15.3. The molecule has 1 aromatic rings. The first-order valence-electron chi connectivity index (χ1n) is 7.91. The van der Waals surface area contributed by atoms with E-state index in [-0.39, 0.29) is 5.97 Å². The summed E-state index contributed by atoms with van der Waals surface area (Å²) in [6.07, 6.45) is 5.32. The number of thiophene rings is 1. The molecule has 1 N–H and O–H groups in total. The molecule has 0 aliphatic heterocycles. The highest BCUT2D eigenvalue weighted by Crippen LogP contribution is 2.37. The molecule has 0 radical (unpaired) electrons. The number of nitrogens with one attached hydrogen (secondary N) is 1. The zero-order valence-corrected chi connectivity index (χ0v) is 14.2. The molecule has 4 heteroatoms. The Morgan fingerprint density at radius 3 is 3.00 bits per heavy atom. The highest BCUT2D eigenvalue weighted by atomic mass is 32.1. The quantitative estimate of drug-likeness (QED) is 0.808. The molecule has 0 amide bonds. The molecular weight excluding hydrogens is 282 g/mol. The average Bonchev–Trinajstić information content (AvgIpc) is 2.97. The molecule has 0 bridgehead atoms. The number of ether oxygens (including phenoxy) is 1. The van der Waals surface area contributed by atoms with E-state index in [2.05, 4.69) is 36.7 Å². The van der Waals surface area contributed by atoms with Crippen molar-refractivity contribution in [2.45, 2.75) is 58.0 Å². The molecule has 0 aromatic carbocycles. The molecule has 0 saturated heterocycles. The number of hydrogen-bond donors (Lipinski definition) is 1. The molecule has 21 heavy (non-hydrogen) atoms. The standard InChI is InChI=1S/C17H27NO2S/c1-13(2)10-14-6-4-8-17(11-14,16(19)20-3)18-12-15-7-5-9-21-15/h5,7,9,13-14,18H,4,6,8,10-12H2,1-3H3. The SMILES string of the molecule is COC(=O)C1(NCc2cccs2)CCCC(CC(C)C)C1. The van der Waals surface area contributed by atoms with Crippen molar-refractivity contribution >= 4 is 17.3 Å². The van der Waals surface area contributed by atoms with Gasteiger partial charge in [0.1, 0.15) is 5.54 Å². The molecule has 1 saturated carbocycles. The van der Waals surface area contributed by atoms with Crippen LogP contribution < -0.4 is 5.32 Å². The lowest BCUT2D eigenvalue weighted by molar-refractivity contribution is -0.151. The van der Waals surface area contributed by atoms with Gasteiger partial charge in [-0.1, -0.05) is 32.8 Å². The number of rotatable bonds is 6. The van der Waals surface area contributed by atoms with E-state index in [0.29, 0.717) is 11.8 Å². The van der Waals surface area contributed by atoms with Gasteiger partial charge in [0.2, 0.25) is 0 Å². The van der Waals surface area contributed by atoms with Gasteiger partial charge in [-0.15, -0.1) is 11.3 Å². The minimum absolute atomic E-state index is 0.0903. The highest BCUT2D eigenvalue weighted by molar-refractivity contribution is 7.09. The van der Waals surface area contributed by atoms with Gasteiger partial charge >= 0.3 is 5.97 Å². The molecule has 3 nitrogen and oxygen atoms in total. The Labute approximate surface area is 132 Å². The second-order valence-corrected chi connectivity index (χ2v) is 7.63. The van der Waals surface area contributed by atoms with Crippen molar-refractivity contribution < 1.29 is 9.53 Å². The van der Waals surface area contributed by atoms with Crippen LogP contribution >= 0.6 is 11.3 Å². The smallest absolute Gasteiger partial charge is 0.326 e. The Hall–Kier alpha value is -0.870. The number of methoxy groups -OCH3 is 1. The molecule has 1 aliphatic carbocycles. The number of carbonyl (C=O) groups is 1. The minimum Gasteiger partial charge on any atom is -0.468 e. The summed E-state index contributed by atoms with van der Waals surface area (Å²) in [5.74, 6) is 1.21. The summed E-state index contributed by atoms with van der Waals surface area (Å²) in [6.45, 7) is 5.27. The van der Waals surface area contributed by atoms with Crippen LogP contribution in [0.4, 0.5) is 0 Å². The van der Waals surface area contributed by atoms with Gasteiger partial charge in [0.05, 0.1) is 7.11 Å². The molecule has 2 atom stereocenters. The van der Waals surface area contributed by atoms with Crippen molar-refractivity contribution in [2.24, 2.45) is 11.8 Å². The van der Waals surface area contributed by atoms with Gasteiger partial charge in [0.15, 0.2) is 0 Å². The predicted molar refractivity (Wildman–Crippen MR) is 87.3 cm³/mol. The average molecular weight is 309 g/mol. The van der Waals surface area contributed by atoms with Crippen molar-refractivity contribution in [3.05, 3.63) is 22.4 Å². The van der Waals surface area contributed by atoms with Crippen molar-refractivity contribution in [1.82, 2.24) is 5.32 Å². The van der Waals surface area contributed by atoms with Gasteiger partial charge in [0.25, 0.3) is 0 Å². The summed E-state index contributed by atoms with van der Waals surface area (Å²) < 4.78 is 5.12. The van der Waals surface area contributed by atoms with Crippen LogP contribution in [0.5, 0.6) is 0 Å². The Bertz CT molecular complexity index is 444. The summed E-state index contributed by atoms with van der Waals surface area (Å²) in [5.41, 5.74) is -0.490. The van der Waals surface area contributed by atoms with Crippen LogP contribution in [0, 0.1) is 11.8 Å².